The van der Waals surface area contributed by atoms with E-state index in [1.54, 1.807) is 0 Å². The number of aryl methyl sites for hydroxylation is 1. The Labute approximate surface area is 183 Å². The van der Waals surface area contributed by atoms with Crippen LogP contribution in [0.25, 0.3) is 10.8 Å². The minimum Gasteiger partial charge on any atom is -0.271 e. The number of fused-ring (bicyclic) bond motifs is 1. The highest BCUT2D eigenvalue weighted by Gasteiger charge is 2.20. The van der Waals surface area contributed by atoms with Gasteiger partial charge in [-0.2, -0.15) is 5.10 Å². The molecule has 0 atom stereocenters. The molecule has 0 saturated heterocycles. The summed E-state index contributed by atoms with van der Waals surface area (Å²) in [5.41, 5.74) is 5.39. The Balaban J connectivity index is 1.85. The Hall–Kier alpha value is -4.59. The van der Waals surface area contributed by atoms with Gasteiger partial charge in [0.1, 0.15) is 5.69 Å². The minimum atomic E-state index is -0.673. The lowest BCUT2D eigenvalue weighted by Gasteiger charge is -2.12. The van der Waals surface area contributed by atoms with Crippen molar-refractivity contribution in [2.24, 2.45) is 5.10 Å². The number of hydrazone groups is 1. The van der Waals surface area contributed by atoms with Gasteiger partial charge in [0.05, 0.1) is 21.6 Å². The largest absolute Gasteiger partial charge is 0.301 e. The number of rotatable bonds is 6. The van der Waals surface area contributed by atoms with Crippen LogP contribution in [0.2, 0.25) is 0 Å². The number of nitro benzene ring substituents is 2. The second kappa shape index (κ2) is 8.65. The van der Waals surface area contributed by atoms with Gasteiger partial charge in [0.15, 0.2) is 0 Å². The molecule has 0 aromatic heterocycles. The topological polar surface area (TPSA) is 111 Å². The van der Waals surface area contributed by atoms with Crippen molar-refractivity contribution in [3.63, 3.8) is 0 Å². The van der Waals surface area contributed by atoms with E-state index in [0.717, 1.165) is 33.5 Å². The van der Waals surface area contributed by atoms with Crippen molar-refractivity contribution in [2.75, 3.05) is 5.43 Å². The molecule has 4 rings (SSSR count). The smallest absolute Gasteiger partial charge is 0.271 e. The van der Waals surface area contributed by atoms with E-state index in [1.165, 1.54) is 12.1 Å². The van der Waals surface area contributed by atoms with E-state index in [2.05, 4.69) is 10.5 Å². The van der Waals surface area contributed by atoms with Crippen molar-refractivity contribution >= 4 is 33.5 Å². The van der Waals surface area contributed by atoms with E-state index in [4.69, 9.17) is 0 Å². The van der Waals surface area contributed by atoms with Gasteiger partial charge >= 0.3 is 5.69 Å². The molecule has 0 bridgehead atoms. The summed E-state index contributed by atoms with van der Waals surface area (Å²) in [6.07, 6.45) is 0. The molecule has 1 N–H and O–H groups in total. The lowest BCUT2D eigenvalue weighted by molar-refractivity contribution is -0.393. The maximum atomic E-state index is 11.5. The van der Waals surface area contributed by atoms with Crippen LogP contribution in [0.4, 0.5) is 17.1 Å². The molecule has 0 aliphatic heterocycles. The molecule has 158 valence electrons. The van der Waals surface area contributed by atoms with Gasteiger partial charge < -0.3 is 0 Å². The van der Waals surface area contributed by atoms with E-state index in [1.807, 2.05) is 73.7 Å². The van der Waals surface area contributed by atoms with Gasteiger partial charge in [0, 0.05) is 17.2 Å². The summed E-state index contributed by atoms with van der Waals surface area (Å²) in [7, 11) is 0. The van der Waals surface area contributed by atoms with Crippen molar-refractivity contribution in [3.05, 3.63) is 122 Å². The predicted molar refractivity (Wildman–Crippen MR) is 124 cm³/mol. The lowest BCUT2D eigenvalue weighted by atomic mass is 9.96. The fourth-order valence-corrected chi connectivity index (χ4v) is 3.42. The summed E-state index contributed by atoms with van der Waals surface area (Å²) in [6.45, 7) is 1.98. The molecule has 0 spiro atoms. The van der Waals surface area contributed by atoms with Gasteiger partial charge in [-0.15, -0.1) is 0 Å². The molecule has 32 heavy (non-hydrogen) atoms. The molecule has 0 radical (unpaired) electrons. The van der Waals surface area contributed by atoms with E-state index < -0.39 is 15.5 Å². The number of nitrogens with one attached hydrogen (secondary N) is 1. The zero-order valence-electron chi connectivity index (χ0n) is 17.1. The summed E-state index contributed by atoms with van der Waals surface area (Å²) in [5.74, 6) is 0. The predicted octanol–water partition coefficient (Wildman–Crippen LogP) is 5.83. The molecular formula is C24H18N4O4. The zero-order valence-corrected chi connectivity index (χ0v) is 17.1. The van der Waals surface area contributed by atoms with Crippen LogP contribution in [0.5, 0.6) is 0 Å². The third-order valence-electron chi connectivity index (χ3n) is 5.05. The first-order valence-electron chi connectivity index (χ1n) is 9.76. The number of non-ortho nitro benzene ring substituents is 1. The molecule has 4 aromatic carbocycles. The van der Waals surface area contributed by atoms with Crippen molar-refractivity contribution in [1.29, 1.82) is 0 Å². The molecule has 0 fully saturated rings. The van der Waals surface area contributed by atoms with Crippen molar-refractivity contribution in [3.8, 4) is 0 Å². The molecule has 0 unspecified atom stereocenters. The highest BCUT2D eigenvalue weighted by Crippen LogP contribution is 2.30. The Kier molecular flexibility index (Phi) is 5.59. The standard InChI is InChI=1S/C24H18N4O4/c1-16-9-11-18(12-10-16)24(21-8-4-6-17-5-2-3-7-20(17)21)26-25-22-14-13-19(27(29)30)15-23(22)28(31)32/h2-15,25H,1H3/b26-24-. The zero-order chi connectivity index (χ0) is 22.7. The maximum absolute atomic E-state index is 11.5. The number of nitrogens with zero attached hydrogens (tertiary/aromatic N) is 3. The molecular weight excluding hydrogens is 408 g/mol. The Morgan fingerprint density at radius 2 is 1.56 bits per heavy atom. The van der Waals surface area contributed by atoms with E-state index >= 15 is 0 Å². The molecule has 0 aliphatic carbocycles. The van der Waals surface area contributed by atoms with Gasteiger partial charge in [0.2, 0.25) is 0 Å². The summed E-state index contributed by atoms with van der Waals surface area (Å²) < 4.78 is 0. The molecule has 0 amide bonds. The Morgan fingerprint density at radius 1 is 0.844 bits per heavy atom. The molecule has 0 heterocycles. The number of hydrogen-bond donors (Lipinski definition) is 1. The molecule has 4 aromatic rings. The van der Waals surface area contributed by atoms with Gasteiger partial charge in [0.25, 0.3) is 5.69 Å². The van der Waals surface area contributed by atoms with Gasteiger partial charge in [-0.3, -0.25) is 25.7 Å². The summed E-state index contributed by atoms with van der Waals surface area (Å²) in [4.78, 5) is 21.2. The first-order chi connectivity index (χ1) is 15.4. The average Bonchev–Trinajstić information content (AvgIpc) is 2.80. The van der Waals surface area contributed by atoms with Crippen LogP contribution in [0, 0.1) is 27.2 Å². The molecule has 0 aliphatic rings. The van der Waals surface area contributed by atoms with E-state index in [9.17, 15) is 20.2 Å². The summed E-state index contributed by atoms with van der Waals surface area (Å²) in [5, 5.41) is 29.0. The molecule has 0 saturated carbocycles. The average molecular weight is 426 g/mol. The number of anilines is 1. The van der Waals surface area contributed by atoms with Crippen LogP contribution < -0.4 is 5.43 Å². The fourth-order valence-electron chi connectivity index (χ4n) is 3.42. The SMILES string of the molecule is Cc1ccc(/C(=N/Nc2ccc([N+](=O)[O-])cc2[N+](=O)[O-])c2cccc3ccccc23)cc1. The van der Waals surface area contributed by atoms with E-state index in [0.29, 0.717) is 5.71 Å². The quantitative estimate of drug-likeness (QED) is 0.237. The highest BCUT2D eigenvalue weighted by molar-refractivity contribution is 6.19. The minimum absolute atomic E-state index is 0.0606. The first-order valence-corrected chi connectivity index (χ1v) is 9.76. The van der Waals surface area contributed by atoms with Crippen LogP contribution in [-0.4, -0.2) is 15.6 Å². The highest BCUT2D eigenvalue weighted by atomic mass is 16.6. The monoisotopic (exact) mass is 426 g/mol. The normalized spacial score (nSPS) is 11.3. The summed E-state index contributed by atoms with van der Waals surface area (Å²) >= 11 is 0. The van der Waals surface area contributed by atoms with Crippen molar-refractivity contribution < 1.29 is 9.85 Å². The first kappa shape index (κ1) is 20.7. The van der Waals surface area contributed by atoms with Crippen molar-refractivity contribution in [2.45, 2.75) is 6.92 Å². The van der Waals surface area contributed by atoms with Crippen LogP contribution in [0.15, 0.2) is 90.0 Å². The maximum Gasteiger partial charge on any atom is 0.301 e. The molecule has 8 nitrogen and oxygen atoms in total. The van der Waals surface area contributed by atoms with Gasteiger partial charge in [-0.1, -0.05) is 72.3 Å². The number of benzene rings is 4. The van der Waals surface area contributed by atoms with Crippen molar-refractivity contribution in [1.82, 2.24) is 0 Å². The van der Waals surface area contributed by atoms with E-state index in [-0.39, 0.29) is 11.4 Å². The van der Waals surface area contributed by atoms with Crippen LogP contribution in [0.3, 0.4) is 0 Å². The second-order valence-corrected chi connectivity index (χ2v) is 7.18. The van der Waals surface area contributed by atoms with Crippen LogP contribution >= 0.6 is 0 Å². The second-order valence-electron chi connectivity index (χ2n) is 7.18. The number of hydrogen-bond acceptors (Lipinski definition) is 6. The Bertz CT molecular complexity index is 1360. The molecule has 8 heteroatoms. The van der Waals surface area contributed by atoms with Crippen LogP contribution in [-0.2, 0) is 0 Å². The Morgan fingerprint density at radius 3 is 2.28 bits per heavy atom. The van der Waals surface area contributed by atoms with Gasteiger partial charge in [-0.05, 0) is 23.8 Å². The fraction of sp³-hybridized carbons (Fsp3) is 0.0417. The third kappa shape index (κ3) is 4.15. The lowest BCUT2D eigenvalue weighted by Crippen LogP contribution is -2.08. The van der Waals surface area contributed by atoms with Crippen LogP contribution in [0.1, 0.15) is 16.7 Å². The number of nitro groups is 2. The third-order valence-corrected chi connectivity index (χ3v) is 5.05. The van der Waals surface area contributed by atoms with Gasteiger partial charge in [-0.25, -0.2) is 0 Å². The summed E-state index contributed by atoms with van der Waals surface area (Å²) in [6, 6.07) is 24.9.